The summed E-state index contributed by atoms with van der Waals surface area (Å²) >= 11 is 5.86. The molecule has 2 N–H and O–H groups in total. The lowest BCUT2D eigenvalue weighted by molar-refractivity contribution is 0.0395. The SMILES string of the molecule is C[C@@](O)(CNS(=O)(=O)c1ccccc1Cl)c1ccco1. The minimum Gasteiger partial charge on any atom is -0.466 e. The first-order valence-electron chi connectivity index (χ1n) is 5.83. The Bertz CT molecular complexity index is 680. The number of aliphatic hydroxyl groups is 1. The highest BCUT2D eigenvalue weighted by molar-refractivity contribution is 7.89. The van der Waals surface area contributed by atoms with Gasteiger partial charge in [-0.15, -0.1) is 0 Å². The van der Waals surface area contributed by atoms with E-state index >= 15 is 0 Å². The van der Waals surface area contributed by atoms with E-state index in [4.69, 9.17) is 16.0 Å². The van der Waals surface area contributed by atoms with Gasteiger partial charge in [0, 0.05) is 6.54 Å². The molecule has 2 rings (SSSR count). The van der Waals surface area contributed by atoms with Crippen LogP contribution in [-0.4, -0.2) is 20.1 Å². The van der Waals surface area contributed by atoms with Crippen LogP contribution in [0.2, 0.25) is 5.02 Å². The molecule has 1 heterocycles. The third-order valence-corrected chi connectivity index (χ3v) is 4.69. The standard InChI is InChI=1S/C13H14ClNO4S/c1-13(16,12-7-4-8-19-12)9-15-20(17,18)11-6-3-2-5-10(11)14/h2-8,15-16H,9H2,1H3/t13-/m1/s1. The summed E-state index contributed by atoms with van der Waals surface area (Å²) < 4.78 is 31.7. The Morgan fingerprint density at radius 2 is 2.00 bits per heavy atom. The highest BCUT2D eigenvalue weighted by Crippen LogP contribution is 2.23. The summed E-state index contributed by atoms with van der Waals surface area (Å²) in [5, 5.41) is 10.3. The fourth-order valence-electron chi connectivity index (χ4n) is 1.65. The second-order valence-corrected chi connectivity index (χ2v) is 6.65. The molecule has 0 aliphatic heterocycles. The predicted octanol–water partition coefficient (Wildman–Crippen LogP) is 2.12. The first-order chi connectivity index (χ1) is 9.33. The van der Waals surface area contributed by atoms with Crippen molar-refractivity contribution in [2.24, 2.45) is 0 Å². The fraction of sp³-hybridized carbons (Fsp3) is 0.231. The summed E-state index contributed by atoms with van der Waals surface area (Å²) in [7, 11) is -3.80. The number of hydrogen-bond donors (Lipinski definition) is 2. The van der Waals surface area contributed by atoms with Crippen molar-refractivity contribution in [2.45, 2.75) is 17.4 Å². The van der Waals surface area contributed by atoms with Gasteiger partial charge in [-0.05, 0) is 31.2 Å². The minimum atomic E-state index is -3.80. The molecular weight excluding hydrogens is 302 g/mol. The van der Waals surface area contributed by atoms with Gasteiger partial charge in [-0.2, -0.15) is 0 Å². The molecule has 20 heavy (non-hydrogen) atoms. The zero-order valence-corrected chi connectivity index (χ0v) is 12.3. The lowest BCUT2D eigenvalue weighted by atomic mass is 10.1. The van der Waals surface area contributed by atoms with Crippen LogP contribution >= 0.6 is 11.6 Å². The number of benzene rings is 1. The monoisotopic (exact) mass is 315 g/mol. The molecule has 0 amide bonds. The van der Waals surface area contributed by atoms with E-state index in [1.807, 2.05) is 0 Å². The Morgan fingerprint density at radius 3 is 2.60 bits per heavy atom. The number of nitrogens with one attached hydrogen (secondary N) is 1. The molecule has 0 aliphatic rings. The van der Waals surface area contributed by atoms with E-state index in [1.54, 1.807) is 24.3 Å². The Balaban J connectivity index is 2.17. The molecule has 0 spiro atoms. The first-order valence-corrected chi connectivity index (χ1v) is 7.69. The maximum absolute atomic E-state index is 12.1. The van der Waals surface area contributed by atoms with E-state index in [-0.39, 0.29) is 22.2 Å². The number of furan rings is 1. The topological polar surface area (TPSA) is 79.5 Å². The average molecular weight is 316 g/mol. The van der Waals surface area contributed by atoms with Crippen molar-refractivity contribution in [1.29, 1.82) is 0 Å². The maximum Gasteiger partial charge on any atom is 0.242 e. The Morgan fingerprint density at radius 1 is 1.30 bits per heavy atom. The minimum absolute atomic E-state index is 0.0306. The van der Waals surface area contributed by atoms with Crippen LogP contribution in [0, 0.1) is 0 Å². The van der Waals surface area contributed by atoms with Gasteiger partial charge < -0.3 is 9.52 Å². The van der Waals surface area contributed by atoms with Crippen LogP contribution in [0.15, 0.2) is 52.0 Å². The first kappa shape index (κ1) is 15.1. The zero-order valence-electron chi connectivity index (χ0n) is 10.7. The Labute approximate surface area is 122 Å². The van der Waals surface area contributed by atoms with Crippen molar-refractivity contribution >= 4 is 21.6 Å². The summed E-state index contributed by atoms with van der Waals surface area (Å²) in [5.74, 6) is 0.277. The average Bonchev–Trinajstić information content (AvgIpc) is 2.92. The molecule has 0 radical (unpaired) electrons. The quantitative estimate of drug-likeness (QED) is 0.885. The molecule has 0 bridgehead atoms. The van der Waals surface area contributed by atoms with Crippen LogP contribution in [0.4, 0.5) is 0 Å². The van der Waals surface area contributed by atoms with Crippen molar-refractivity contribution < 1.29 is 17.9 Å². The fourth-order valence-corrected chi connectivity index (χ4v) is 3.30. The summed E-state index contributed by atoms with van der Waals surface area (Å²) in [6.45, 7) is 1.23. The highest BCUT2D eigenvalue weighted by atomic mass is 35.5. The van der Waals surface area contributed by atoms with Gasteiger partial charge in [0.15, 0.2) is 0 Å². The predicted molar refractivity (Wildman–Crippen MR) is 74.9 cm³/mol. The van der Waals surface area contributed by atoms with Crippen molar-refractivity contribution in [3.8, 4) is 0 Å². The molecule has 5 nitrogen and oxygen atoms in total. The largest absolute Gasteiger partial charge is 0.466 e. The van der Waals surface area contributed by atoms with Gasteiger partial charge in [0.2, 0.25) is 10.0 Å². The zero-order chi connectivity index (χ0) is 14.8. The van der Waals surface area contributed by atoms with Gasteiger partial charge >= 0.3 is 0 Å². The number of halogens is 1. The third-order valence-electron chi connectivity index (χ3n) is 2.78. The summed E-state index contributed by atoms with van der Waals surface area (Å²) in [6.07, 6.45) is 1.41. The van der Waals surface area contributed by atoms with E-state index in [1.165, 1.54) is 25.3 Å². The van der Waals surface area contributed by atoms with E-state index < -0.39 is 15.6 Å². The van der Waals surface area contributed by atoms with Crippen molar-refractivity contribution in [2.75, 3.05) is 6.54 Å². The van der Waals surface area contributed by atoms with Crippen molar-refractivity contribution in [3.05, 3.63) is 53.4 Å². The van der Waals surface area contributed by atoms with E-state index in [0.29, 0.717) is 0 Å². The van der Waals surface area contributed by atoms with Gasteiger partial charge in [0.1, 0.15) is 16.3 Å². The van der Waals surface area contributed by atoms with Gasteiger partial charge in [0.05, 0.1) is 11.3 Å². The lowest BCUT2D eigenvalue weighted by Crippen LogP contribution is -2.38. The molecule has 1 aromatic heterocycles. The van der Waals surface area contributed by atoms with Crippen molar-refractivity contribution in [1.82, 2.24) is 4.72 Å². The Hall–Kier alpha value is -1.34. The van der Waals surface area contributed by atoms with Crippen LogP contribution in [0.3, 0.4) is 0 Å². The number of rotatable bonds is 5. The highest BCUT2D eigenvalue weighted by Gasteiger charge is 2.29. The number of hydrogen-bond acceptors (Lipinski definition) is 4. The molecule has 108 valence electrons. The molecule has 7 heteroatoms. The normalized spacial score (nSPS) is 14.9. The van der Waals surface area contributed by atoms with Crippen molar-refractivity contribution in [3.63, 3.8) is 0 Å². The maximum atomic E-state index is 12.1. The molecular formula is C13H14ClNO4S. The second kappa shape index (κ2) is 5.57. The van der Waals surface area contributed by atoms with Gasteiger partial charge in [0.25, 0.3) is 0 Å². The van der Waals surface area contributed by atoms with Gasteiger partial charge in [-0.25, -0.2) is 13.1 Å². The smallest absolute Gasteiger partial charge is 0.242 e. The summed E-state index contributed by atoms with van der Waals surface area (Å²) in [4.78, 5) is -0.0306. The Kier molecular flexibility index (Phi) is 4.19. The van der Waals surface area contributed by atoms with Crippen LogP contribution in [0.5, 0.6) is 0 Å². The van der Waals surface area contributed by atoms with Gasteiger partial charge in [-0.3, -0.25) is 0 Å². The summed E-state index contributed by atoms with van der Waals surface area (Å²) in [6, 6.07) is 9.29. The van der Waals surface area contributed by atoms with Crippen LogP contribution in [0.1, 0.15) is 12.7 Å². The van der Waals surface area contributed by atoms with Crippen LogP contribution < -0.4 is 4.72 Å². The van der Waals surface area contributed by atoms with E-state index in [0.717, 1.165) is 0 Å². The molecule has 2 aromatic rings. The molecule has 1 atom stereocenters. The third kappa shape index (κ3) is 3.21. The van der Waals surface area contributed by atoms with E-state index in [9.17, 15) is 13.5 Å². The van der Waals surface area contributed by atoms with Crippen LogP contribution in [0.25, 0.3) is 0 Å². The second-order valence-electron chi connectivity index (χ2n) is 4.51. The molecule has 0 aliphatic carbocycles. The molecule has 1 aromatic carbocycles. The molecule has 0 unspecified atom stereocenters. The molecule has 0 saturated carbocycles. The van der Waals surface area contributed by atoms with Gasteiger partial charge in [-0.1, -0.05) is 23.7 Å². The van der Waals surface area contributed by atoms with Crippen LogP contribution in [-0.2, 0) is 15.6 Å². The number of sulfonamides is 1. The molecule has 0 fully saturated rings. The van der Waals surface area contributed by atoms with E-state index in [2.05, 4.69) is 4.72 Å². The molecule has 0 saturated heterocycles. The summed E-state index contributed by atoms with van der Waals surface area (Å²) in [5.41, 5.74) is -1.45. The lowest BCUT2D eigenvalue weighted by Gasteiger charge is -2.21.